The monoisotopic (exact) mass is 244 g/mol. The lowest BCUT2D eigenvalue weighted by molar-refractivity contribution is 0.177. The molecule has 94 valence electrons. The largest absolute Gasteiger partial charge is 0.388 e. The van der Waals surface area contributed by atoms with E-state index in [-0.39, 0.29) is 5.82 Å². The van der Waals surface area contributed by atoms with Crippen LogP contribution in [0.3, 0.4) is 0 Å². The fraction of sp³-hybridized carbons (Fsp3) is 0.250. The summed E-state index contributed by atoms with van der Waals surface area (Å²) >= 11 is 0. The van der Waals surface area contributed by atoms with Crippen molar-refractivity contribution in [1.82, 2.24) is 0 Å². The Balaban J connectivity index is 2.25. The summed E-state index contributed by atoms with van der Waals surface area (Å²) in [6.45, 7) is 3.97. The van der Waals surface area contributed by atoms with Crippen molar-refractivity contribution in [1.29, 1.82) is 0 Å². The van der Waals surface area contributed by atoms with E-state index in [4.69, 9.17) is 0 Å². The van der Waals surface area contributed by atoms with Crippen molar-refractivity contribution in [2.75, 3.05) is 0 Å². The van der Waals surface area contributed by atoms with Gasteiger partial charge < -0.3 is 5.11 Å². The first kappa shape index (κ1) is 12.8. The molecule has 0 aromatic heterocycles. The van der Waals surface area contributed by atoms with Crippen LogP contribution >= 0.6 is 0 Å². The summed E-state index contributed by atoms with van der Waals surface area (Å²) < 4.78 is 13.1. The molecule has 0 radical (unpaired) electrons. The van der Waals surface area contributed by atoms with Crippen LogP contribution in [0.5, 0.6) is 0 Å². The van der Waals surface area contributed by atoms with Gasteiger partial charge in [0.1, 0.15) is 5.82 Å². The highest BCUT2D eigenvalue weighted by molar-refractivity contribution is 5.36. The molecule has 1 N–H and O–H groups in total. The third kappa shape index (κ3) is 2.77. The summed E-state index contributed by atoms with van der Waals surface area (Å²) in [5, 5.41) is 10.3. The number of benzene rings is 2. The minimum atomic E-state index is -0.590. The second kappa shape index (κ2) is 5.32. The van der Waals surface area contributed by atoms with Crippen molar-refractivity contribution in [2.45, 2.75) is 26.4 Å². The minimum Gasteiger partial charge on any atom is -0.388 e. The highest BCUT2D eigenvalue weighted by Crippen LogP contribution is 2.25. The van der Waals surface area contributed by atoms with Crippen molar-refractivity contribution in [3.8, 4) is 0 Å². The SMILES string of the molecule is Cc1cccc(C)c1C(O)Cc1cccc(F)c1. The van der Waals surface area contributed by atoms with E-state index in [9.17, 15) is 9.50 Å². The highest BCUT2D eigenvalue weighted by Gasteiger charge is 2.13. The molecule has 0 aliphatic heterocycles. The molecule has 0 saturated carbocycles. The molecule has 2 heteroatoms. The Morgan fingerprint density at radius 3 is 2.28 bits per heavy atom. The number of rotatable bonds is 3. The third-order valence-electron chi connectivity index (χ3n) is 3.19. The maximum atomic E-state index is 13.1. The molecule has 0 aliphatic rings. The van der Waals surface area contributed by atoms with Crippen LogP contribution in [0.4, 0.5) is 4.39 Å². The highest BCUT2D eigenvalue weighted by atomic mass is 19.1. The van der Waals surface area contributed by atoms with E-state index in [0.717, 1.165) is 22.3 Å². The van der Waals surface area contributed by atoms with Crippen LogP contribution in [0, 0.1) is 19.7 Å². The van der Waals surface area contributed by atoms with E-state index >= 15 is 0 Å². The molecule has 1 unspecified atom stereocenters. The van der Waals surface area contributed by atoms with Gasteiger partial charge in [0.05, 0.1) is 6.10 Å². The lowest BCUT2D eigenvalue weighted by Crippen LogP contribution is -2.06. The second-order valence-corrected chi connectivity index (χ2v) is 4.66. The Kier molecular flexibility index (Phi) is 3.78. The van der Waals surface area contributed by atoms with E-state index in [1.54, 1.807) is 6.07 Å². The smallest absolute Gasteiger partial charge is 0.123 e. The standard InChI is InChI=1S/C16H17FO/c1-11-5-3-6-12(2)16(11)15(18)10-13-7-4-8-14(17)9-13/h3-9,15,18H,10H2,1-2H3. The van der Waals surface area contributed by atoms with E-state index in [1.165, 1.54) is 12.1 Å². The van der Waals surface area contributed by atoms with Gasteiger partial charge in [-0.2, -0.15) is 0 Å². The molecule has 0 aliphatic carbocycles. The maximum Gasteiger partial charge on any atom is 0.123 e. The number of aryl methyl sites for hydroxylation is 2. The van der Waals surface area contributed by atoms with Gasteiger partial charge in [-0.15, -0.1) is 0 Å². The average molecular weight is 244 g/mol. The fourth-order valence-corrected chi connectivity index (χ4v) is 2.34. The van der Waals surface area contributed by atoms with E-state index in [0.29, 0.717) is 6.42 Å². The normalized spacial score (nSPS) is 12.4. The number of hydrogen-bond donors (Lipinski definition) is 1. The van der Waals surface area contributed by atoms with Crippen LogP contribution < -0.4 is 0 Å². The van der Waals surface area contributed by atoms with Crippen molar-refractivity contribution >= 4 is 0 Å². The molecule has 0 amide bonds. The zero-order chi connectivity index (χ0) is 13.1. The summed E-state index contributed by atoms with van der Waals surface area (Å²) in [6.07, 6.45) is -0.156. The molecule has 0 saturated heterocycles. The topological polar surface area (TPSA) is 20.2 Å². The van der Waals surface area contributed by atoms with Crippen LogP contribution in [-0.2, 0) is 6.42 Å². The van der Waals surface area contributed by atoms with Crippen molar-refractivity contribution in [3.05, 3.63) is 70.5 Å². The molecular formula is C16H17FO. The summed E-state index contributed by atoms with van der Waals surface area (Å²) in [4.78, 5) is 0. The molecule has 2 aromatic rings. The number of aliphatic hydroxyl groups excluding tert-OH is 1. The summed E-state index contributed by atoms with van der Waals surface area (Å²) in [5.41, 5.74) is 3.89. The molecule has 0 fully saturated rings. The minimum absolute atomic E-state index is 0.263. The Bertz CT molecular complexity index is 528. The first-order chi connectivity index (χ1) is 8.58. The fourth-order valence-electron chi connectivity index (χ4n) is 2.34. The Hall–Kier alpha value is -1.67. The van der Waals surface area contributed by atoms with Gasteiger partial charge >= 0.3 is 0 Å². The lowest BCUT2D eigenvalue weighted by Gasteiger charge is -2.16. The van der Waals surface area contributed by atoms with Crippen molar-refractivity contribution in [2.24, 2.45) is 0 Å². The molecule has 0 spiro atoms. The predicted molar refractivity (Wildman–Crippen MR) is 71.0 cm³/mol. The van der Waals surface area contributed by atoms with Gasteiger partial charge in [0, 0.05) is 6.42 Å². The number of hydrogen-bond acceptors (Lipinski definition) is 1. The molecular weight excluding hydrogens is 227 g/mol. The van der Waals surface area contributed by atoms with Gasteiger partial charge in [-0.3, -0.25) is 0 Å². The molecule has 2 rings (SSSR count). The third-order valence-corrected chi connectivity index (χ3v) is 3.19. The Labute approximate surface area is 107 Å². The van der Waals surface area contributed by atoms with Crippen LogP contribution in [0.25, 0.3) is 0 Å². The van der Waals surface area contributed by atoms with Crippen molar-refractivity contribution < 1.29 is 9.50 Å². The first-order valence-electron chi connectivity index (χ1n) is 6.06. The number of halogens is 1. The van der Waals surface area contributed by atoms with Gasteiger partial charge in [0.2, 0.25) is 0 Å². The van der Waals surface area contributed by atoms with Crippen LogP contribution in [-0.4, -0.2) is 5.11 Å². The molecule has 0 heterocycles. The van der Waals surface area contributed by atoms with E-state index < -0.39 is 6.10 Å². The molecule has 2 aromatic carbocycles. The zero-order valence-electron chi connectivity index (χ0n) is 10.7. The Morgan fingerprint density at radius 2 is 1.67 bits per heavy atom. The van der Waals surface area contributed by atoms with Crippen molar-refractivity contribution in [3.63, 3.8) is 0 Å². The van der Waals surface area contributed by atoms with Gasteiger partial charge in [0.15, 0.2) is 0 Å². The van der Waals surface area contributed by atoms with Crippen LogP contribution in [0.1, 0.15) is 28.4 Å². The molecule has 0 bridgehead atoms. The molecule has 18 heavy (non-hydrogen) atoms. The van der Waals surface area contributed by atoms with Gasteiger partial charge in [0.25, 0.3) is 0 Å². The van der Waals surface area contributed by atoms with Gasteiger partial charge in [-0.1, -0.05) is 30.3 Å². The van der Waals surface area contributed by atoms with Crippen LogP contribution in [0.15, 0.2) is 42.5 Å². The zero-order valence-corrected chi connectivity index (χ0v) is 10.7. The Morgan fingerprint density at radius 1 is 1.06 bits per heavy atom. The maximum absolute atomic E-state index is 13.1. The van der Waals surface area contributed by atoms with Crippen LogP contribution in [0.2, 0.25) is 0 Å². The summed E-state index contributed by atoms with van der Waals surface area (Å²) in [6, 6.07) is 12.3. The first-order valence-corrected chi connectivity index (χ1v) is 6.06. The van der Waals surface area contributed by atoms with Gasteiger partial charge in [-0.25, -0.2) is 4.39 Å². The predicted octanol–water partition coefficient (Wildman–Crippen LogP) is 3.72. The quantitative estimate of drug-likeness (QED) is 0.872. The molecule has 1 atom stereocenters. The van der Waals surface area contributed by atoms with E-state index in [1.807, 2.05) is 38.1 Å². The summed E-state index contributed by atoms with van der Waals surface area (Å²) in [7, 11) is 0. The average Bonchev–Trinajstić information content (AvgIpc) is 2.28. The van der Waals surface area contributed by atoms with Gasteiger partial charge in [-0.05, 0) is 48.2 Å². The number of aliphatic hydroxyl groups is 1. The lowest BCUT2D eigenvalue weighted by atomic mass is 9.94. The molecule has 1 nitrogen and oxygen atoms in total. The van der Waals surface area contributed by atoms with E-state index in [2.05, 4.69) is 0 Å². The second-order valence-electron chi connectivity index (χ2n) is 4.66. The summed E-state index contributed by atoms with van der Waals surface area (Å²) in [5.74, 6) is -0.263.